The number of carbonyl (C=O) groups excluding carboxylic acids is 1. The third kappa shape index (κ3) is 5.81. The molecular formula is C27H37N3O4S. The Kier molecular flexibility index (Phi) is 8.02. The normalized spacial score (nSPS) is 18.7. The van der Waals surface area contributed by atoms with Gasteiger partial charge in [-0.15, -0.1) is 0 Å². The van der Waals surface area contributed by atoms with E-state index in [4.69, 9.17) is 4.74 Å². The monoisotopic (exact) mass is 499 g/mol. The van der Waals surface area contributed by atoms with E-state index in [0.717, 1.165) is 44.6 Å². The number of anilines is 1. The van der Waals surface area contributed by atoms with Gasteiger partial charge in [-0.2, -0.15) is 0 Å². The first kappa shape index (κ1) is 25.5. The van der Waals surface area contributed by atoms with Crippen molar-refractivity contribution in [2.75, 3.05) is 44.1 Å². The first-order valence-electron chi connectivity index (χ1n) is 12.6. The van der Waals surface area contributed by atoms with E-state index in [1.165, 1.54) is 17.1 Å². The number of rotatable bonds is 9. The molecule has 0 bridgehead atoms. The molecule has 190 valence electrons. The molecular weight excluding hydrogens is 462 g/mol. The van der Waals surface area contributed by atoms with Crippen molar-refractivity contribution in [1.82, 2.24) is 9.80 Å². The number of sulfonamides is 1. The van der Waals surface area contributed by atoms with Crippen LogP contribution >= 0.6 is 0 Å². The van der Waals surface area contributed by atoms with Gasteiger partial charge in [0.25, 0.3) is 10.0 Å². The summed E-state index contributed by atoms with van der Waals surface area (Å²) >= 11 is 0. The van der Waals surface area contributed by atoms with E-state index in [2.05, 4.69) is 4.90 Å². The van der Waals surface area contributed by atoms with Gasteiger partial charge in [0.2, 0.25) is 5.91 Å². The molecule has 0 saturated carbocycles. The smallest absolute Gasteiger partial charge is 0.264 e. The van der Waals surface area contributed by atoms with E-state index >= 15 is 0 Å². The topological polar surface area (TPSA) is 70.2 Å². The highest BCUT2D eigenvalue weighted by atomic mass is 32.2. The van der Waals surface area contributed by atoms with Crippen LogP contribution in [0.4, 0.5) is 5.69 Å². The van der Waals surface area contributed by atoms with Crippen LogP contribution in [-0.4, -0.2) is 70.0 Å². The minimum absolute atomic E-state index is 0.0287. The summed E-state index contributed by atoms with van der Waals surface area (Å²) in [7, 11) is -2.28. The van der Waals surface area contributed by atoms with Gasteiger partial charge in [0.05, 0.1) is 17.7 Å². The van der Waals surface area contributed by atoms with E-state index in [9.17, 15) is 13.2 Å². The SMILES string of the molecule is COc1ccc(N(CCC(=O)N2CCCC2CN2CCCC2)S(=O)(=O)c2ccc(C)cc2C)cc1. The zero-order valence-electron chi connectivity index (χ0n) is 21.1. The molecule has 1 amide bonds. The van der Waals surface area contributed by atoms with E-state index in [-0.39, 0.29) is 29.8 Å². The standard InChI is InChI=1S/C27H37N3O4S/c1-21-8-13-26(22(2)19-21)35(32,33)30(23-9-11-25(34-3)12-10-23)18-14-27(31)29-17-6-7-24(29)20-28-15-4-5-16-28/h8-13,19,24H,4-7,14-18,20H2,1-3H3. The highest BCUT2D eigenvalue weighted by Crippen LogP contribution is 2.29. The Morgan fingerprint density at radius 1 is 1.03 bits per heavy atom. The van der Waals surface area contributed by atoms with Crippen LogP contribution in [0.25, 0.3) is 0 Å². The van der Waals surface area contributed by atoms with Gasteiger partial charge >= 0.3 is 0 Å². The summed E-state index contributed by atoms with van der Waals surface area (Å²) < 4.78 is 34.2. The number of aryl methyl sites for hydroxylation is 2. The lowest BCUT2D eigenvalue weighted by Gasteiger charge is -2.30. The van der Waals surface area contributed by atoms with Gasteiger partial charge in [0.1, 0.15) is 5.75 Å². The molecule has 0 aliphatic carbocycles. The molecule has 1 unspecified atom stereocenters. The first-order valence-corrected chi connectivity index (χ1v) is 14.0. The summed E-state index contributed by atoms with van der Waals surface area (Å²) in [5.41, 5.74) is 2.22. The molecule has 2 aromatic rings. The number of methoxy groups -OCH3 is 1. The van der Waals surface area contributed by atoms with Crippen molar-refractivity contribution < 1.29 is 17.9 Å². The van der Waals surface area contributed by atoms with Gasteiger partial charge in [0, 0.05) is 32.1 Å². The minimum atomic E-state index is -3.86. The van der Waals surface area contributed by atoms with Gasteiger partial charge in [0.15, 0.2) is 0 Å². The Hall–Kier alpha value is -2.58. The molecule has 4 rings (SSSR count). The number of hydrogen-bond acceptors (Lipinski definition) is 5. The molecule has 0 N–H and O–H groups in total. The lowest BCUT2D eigenvalue weighted by Crippen LogP contribution is -2.44. The van der Waals surface area contributed by atoms with Gasteiger partial charge in [-0.05, 0) is 88.5 Å². The Balaban J connectivity index is 1.55. The highest BCUT2D eigenvalue weighted by molar-refractivity contribution is 7.92. The first-order chi connectivity index (χ1) is 16.8. The number of nitrogens with zero attached hydrogens (tertiary/aromatic N) is 3. The van der Waals surface area contributed by atoms with E-state index < -0.39 is 10.0 Å². The molecule has 1 atom stereocenters. The predicted octanol–water partition coefficient (Wildman–Crippen LogP) is 3.98. The third-order valence-electron chi connectivity index (χ3n) is 7.15. The van der Waals surface area contributed by atoms with Gasteiger partial charge in [-0.3, -0.25) is 9.10 Å². The molecule has 2 heterocycles. The zero-order valence-corrected chi connectivity index (χ0v) is 21.9. The predicted molar refractivity (Wildman–Crippen MR) is 138 cm³/mol. The highest BCUT2D eigenvalue weighted by Gasteiger charge is 2.32. The summed E-state index contributed by atoms with van der Waals surface area (Å²) in [4.78, 5) is 18.0. The third-order valence-corrected chi connectivity index (χ3v) is 9.14. The Bertz CT molecular complexity index is 1130. The summed E-state index contributed by atoms with van der Waals surface area (Å²) in [5, 5.41) is 0. The quantitative estimate of drug-likeness (QED) is 0.522. The molecule has 2 aromatic carbocycles. The number of amides is 1. The molecule has 7 nitrogen and oxygen atoms in total. The summed E-state index contributed by atoms with van der Waals surface area (Å²) in [6.07, 6.45) is 4.63. The largest absolute Gasteiger partial charge is 0.497 e. The van der Waals surface area contributed by atoms with E-state index in [1.54, 1.807) is 37.4 Å². The molecule has 8 heteroatoms. The van der Waals surface area contributed by atoms with Crippen molar-refractivity contribution in [2.45, 2.75) is 56.9 Å². The van der Waals surface area contributed by atoms with Crippen LogP contribution in [-0.2, 0) is 14.8 Å². The number of likely N-dealkylation sites (tertiary alicyclic amines) is 2. The Morgan fingerprint density at radius 2 is 1.74 bits per heavy atom. The average Bonchev–Trinajstić information content (AvgIpc) is 3.51. The molecule has 2 aliphatic heterocycles. The van der Waals surface area contributed by atoms with Crippen molar-refractivity contribution in [3.05, 3.63) is 53.6 Å². The maximum absolute atomic E-state index is 13.8. The molecule has 2 aliphatic rings. The van der Waals surface area contributed by atoms with Crippen LogP contribution in [0.3, 0.4) is 0 Å². The molecule has 0 spiro atoms. The second kappa shape index (κ2) is 11.0. The minimum Gasteiger partial charge on any atom is -0.497 e. The van der Waals surface area contributed by atoms with Crippen molar-refractivity contribution in [3.63, 3.8) is 0 Å². The van der Waals surface area contributed by atoms with Crippen molar-refractivity contribution in [2.24, 2.45) is 0 Å². The second-order valence-corrected chi connectivity index (χ2v) is 11.5. The number of benzene rings is 2. The fourth-order valence-corrected chi connectivity index (χ4v) is 6.98. The number of carbonyl (C=O) groups is 1. The lowest BCUT2D eigenvalue weighted by atomic mass is 10.2. The fraction of sp³-hybridized carbons (Fsp3) is 0.519. The van der Waals surface area contributed by atoms with Crippen LogP contribution in [0, 0.1) is 13.8 Å². The number of hydrogen-bond donors (Lipinski definition) is 0. The zero-order chi connectivity index (χ0) is 25.0. The van der Waals surface area contributed by atoms with Gasteiger partial charge < -0.3 is 14.5 Å². The Labute approximate surface area is 209 Å². The van der Waals surface area contributed by atoms with Crippen LogP contribution in [0.1, 0.15) is 43.2 Å². The maximum Gasteiger partial charge on any atom is 0.264 e. The summed E-state index contributed by atoms with van der Waals surface area (Å²) in [6, 6.07) is 12.5. The molecule has 35 heavy (non-hydrogen) atoms. The fourth-order valence-electron chi connectivity index (χ4n) is 5.30. The van der Waals surface area contributed by atoms with E-state index in [0.29, 0.717) is 17.0 Å². The van der Waals surface area contributed by atoms with Crippen molar-refractivity contribution >= 4 is 21.6 Å². The maximum atomic E-state index is 13.8. The summed E-state index contributed by atoms with van der Waals surface area (Å²) in [6.45, 7) is 7.74. The van der Waals surface area contributed by atoms with Crippen LogP contribution in [0.5, 0.6) is 5.75 Å². The van der Waals surface area contributed by atoms with Crippen LogP contribution < -0.4 is 9.04 Å². The van der Waals surface area contributed by atoms with Crippen LogP contribution in [0.2, 0.25) is 0 Å². The van der Waals surface area contributed by atoms with Crippen molar-refractivity contribution in [1.29, 1.82) is 0 Å². The summed E-state index contributed by atoms with van der Waals surface area (Å²) in [5.74, 6) is 0.677. The molecule has 2 fully saturated rings. The lowest BCUT2D eigenvalue weighted by molar-refractivity contribution is -0.132. The second-order valence-electron chi connectivity index (χ2n) is 9.69. The number of ether oxygens (including phenoxy) is 1. The molecule has 0 aromatic heterocycles. The van der Waals surface area contributed by atoms with Crippen molar-refractivity contribution in [3.8, 4) is 5.75 Å². The molecule has 2 saturated heterocycles. The van der Waals surface area contributed by atoms with Crippen LogP contribution in [0.15, 0.2) is 47.4 Å². The van der Waals surface area contributed by atoms with Gasteiger partial charge in [-0.1, -0.05) is 17.7 Å². The van der Waals surface area contributed by atoms with Gasteiger partial charge in [-0.25, -0.2) is 8.42 Å². The average molecular weight is 500 g/mol. The Morgan fingerprint density at radius 3 is 2.40 bits per heavy atom. The molecule has 0 radical (unpaired) electrons. The van der Waals surface area contributed by atoms with E-state index in [1.807, 2.05) is 30.9 Å².